The van der Waals surface area contributed by atoms with Crippen LogP contribution >= 0.6 is 0 Å². The van der Waals surface area contributed by atoms with Crippen molar-refractivity contribution in [1.82, 2.24) is 20.6 Å². The molecule has 0 spiro atoms. The number of nitrogens with zero attached hydrogens (tertiary/aromatic N) is 1. The summed E-state index contributed by atoms with van der Waals surface area (Å²) in [6.45, 7) is 4.52. The van der Waals surface area contributed by atoms with E-state index in [9.17, 15) is 4.79 Å². The van der Waals surface area contributed by atoms with Crippen LogP contribution < -0.4 is 10.6 Å². The second-order valence-electron chi connectivity index (χ2n) is 4.11. The van der Waals surface area contributed by atoms with Gasteiger partial charge in [0.15, 0.2) is 0 Å². The van der Waals surface area contributed by atoms with E-state index in [0.717, 1.165) is 30.5 Å². The zero-order chi connectivity index (χ0) is 12.8. The Kier molecular flexibility index (Phi) is 4.30. The van der Waals surface area contributed by atoms with Crippen LogP contribution in [0.5, 0.6) is 0 Å². The number of aromatic nitrogens is 2. The normalized spacial score (nSPS) is 10.7. The molecule has 0 aromatic carbocycles. The van der Waals surface area contributed by atoms with Gasteiger partial charge in [-0.3, -0.25) is 4.79 Å². The van der Waals surface area contributed by atoms with E-state index in [0.29, 0.717) is 12.1 Å². The molecular formula is C13H18N4O. The number of amides is 1. The minimum atomic E-state index is -0.0625. The van der Waals surface area contributed by atoms with E-state index in [-0.39, 0.29) is 5.91 Å². The minimum Gasteiger partial charge on any atom is -0.351 e. The summed E-state index contributed by atoms with van der Waals surface area (Å²) in [6, 6.07) is 3.72. The Balaban J connectivity index is 1.93. The largest absolute Gasteiger partial charge is 0.351 e. The predicted octanol–water partition coefficient (Wildman–Crippen LogP) is 1.29. The molecule has 0 fully saturated rings. The van der Waals surface area contributed by atoms with Crippen molar-refractivity contribution >= 4 is 16.9 Å². The molecule has 0 saturated carbocycles. The first kappa shape index (κ1) is 12.6. The number of fused-ring (bicyclic) bond motifs is 1. The van der Waals surface area contributed by atoms with Crippen molar-refractivity contribution in [3.63, 3.8) is 0 Å². The monoisotopic (exact) mass is 246 g/mol. The zero-order valence-corrected chi connectivity index (χ0v) is 10.5. The Morgan fingerprint density at radius 2 is 2.28 bits per heavy atom. The van der Waals surface area contributed by atoms with E-state index < -0.39 is 0 Å². The van der Waals surface area contributed by atoms with Gasteiger partial charge in [0.25, 0.3) is 5.91 Å². The Hall–Kier alpha value is -1.88. The van der Waals surface area contributed by atoms with Crippen molar-refractivity contribution in [3.8, 4) is 0 Å². The molecule has 0 bridgehead atoms. The average molecular weight is 246 g/mol. The molecule has 96 valence electrons. The molecule has 2 heterocycles. The van der Waals surface area contributed by atoms with Crippen molar-refractivity contribution in [2.75, 3.05) is 19.6 Å². The Bertz CT molecular complexity index is 520. The minimum absolute atomic E-state index is 0.0625. The molecule has 0 aliphatic rings. The van der Waals surface area contributed by atoms with Gasteiger partial charge in [-0.25, -0.2) is 4.98 Å². The third-order valence-corrected chi connectivity index (χ3v) is 2.71. The second-order valence-corrected chi connectivity index (χ2v) is 4.11. The summed E-state index contributed by atoms with van der Waals surface area (Å²) in [5, 5.41) is 6.98. The summed E-state index contributed by atoms with van der Waals surface area (Å²) in [7, 11) is 0. The lowest BCUT2D eigenvalue weighted by Crippen LogP contribution is -2.32. The van der Waals surface area contributed by atoms with Gasteiger partial charge in [-0.05, 0) is 25.1 Å². The summed E-state index contributed by atoms with van der Waals surface area (Å²) < 4.78 is 0. The van der Waals surface area contributed by atoms with E-state index in [4.69, 9.17) is 0 Å². The predicted molar refractivity (Wildman–Crippen MR) is 71.6 cm³/mol. The summed E-state index contributed by atoms with van der Waals surface area (Å²) in [6.07, 6.45) is 4.50. The first-order valence-electron chi connectivity index (χ1n) is 6.24. The number of pyridine rings is 1. The van der Waals surface area contributed by atoms with E-state index in [1.165, 1.54) is 0 Å². The van der Waals surface area contributed by atoms with Crippen LogP contribution in [-0.2, 0) is 0 Å². The quantitative estimate of drug-likeness (QED) is 0.673. The molecule has 5 heteroatoms. The summed E-state index contributed by atoms with van der Waals surface area (Å²) in [5.41, 5.74) is 1.39. The van der Waals surface area contributed by atoms with Gasteiger partial charge in [0.2, 0.25) is 0 Å². The van der Waals surface area contributed by atoms with Crippen LogP contribution in [0.15, 0.2) is 24.5 Å². The van der Waals surface area contributed by atoms with Crippen LogP contribution in [0, 0.1) is 0 Å². The highest BCUT2D eigenvalue weighted by molar-refractivity contribution is 6.05. The highest BCUT2D eigenvalue weighted by atomic mass is 16.1. The van der Waals surface area contributed by atoms with Crippen molar-refractivity contribution in [2.45, 2.75) is 13.3 Å². The Labute approximate surface area is 106 Å². The summed E-state index contributed by atoms with van der Waals surface area (Å²) in [4.78, 5) is 19.1. The smallest absolute Gasteiger partial charge is 0.253 e. The van der Waals surface area contributed by atoms with Crippen molar-refractivity contribution < 1.29 is 4.79 Å². The maximum absolute atomic E-state index is 12.0. The fraction of sp³-hybridized carbons (Fsp3) is 0.385. The lowest BCUT2D eigenvalue weighted by atomic mass is 10.2. The molecule has 1 amide bonds. The topological polar surface area (TPSA) is 69.8 Å². The number of hydrogen-bond donors (Lipinski definition) is 3. The Morgan fingerprint density at radius 1 is 1.39 bits per heavy atom. The van der Waals surface area contributed by atoms with Crippen LogP contribution in [0.3, 0.4) is 0 Å². The second kappa shape index (κ2) is 6.16. The van der Waals surface area contributed by atoms with Gasteiger partial charge in [0.05, 0.1) is 5.56 Å². The van der Waals surface area contributed by atoms with Gasteiger partial charge in [-0.15, -0.1) is 0 Å². The molecule has 0 aliphatic heterocycles. The van der Waals surface area contributed by atoms with Crippen LogP contribution in [0.4, 0.5) is 0 Å². The maximum atomic E-state index is 12.0. The molecule has 3 N–H and O–H groups in total. The number of rotatable bonds is 6. The van der Waals surface area contributed by atoms with Gasteiger partial charge >= 0.3 is 0 Å². The molecule has 2 aromatic heterocycles. The maximum Gasteiger partial charge on any atom is 0.253 e. The van der Waals surface area contributed by atoms with Gasteiger partial charge in [-0.1, -0.05) is 6.92 Å². The van der Waals surface area contributed by atoms with Crippen LogP contribution in [-0.4, -0.2) is 35.5 Å². The molecule has 2 rings (SSSR count). The SMILES string of the molecule is CCCNCCNC(=O)c1c[nH]c2ncccc12. The third kappa shape index (κ3) is 2.87. The molecule has 0 atom stereocenters. The van der Waals surface area contributed by atoms with Crippen LogP contribution in [0.1, 0.15) is 23.7 Å². The first-order valence-corrected chi connectivity index (χ1v) is 6.24. The van der Waals surface area contributed by atoms with E-state index >= 15 is 0 Å². The molecule has 0 radical (unpaired) electrons. The van der Waals surface area contributed by atoms with Gasteiger partial charge in [-0.2, -0.15) is 0 Å². The van der Waals surface area contributed by atoms with Crippen molar-refractivity contribution in [1.29, 1.82) is 0 Å². The molecule has 18 heavy (non-hydrogen) atoms. The molecule has 0 saturated heterocycles. The van der Waals surface area contributed by atoms with E-state index in [2.05, 4.69) is 27.5 Å². The number of carbonyl (C=O) groups excluding carboxylic acids is 1. The zero-order valence-electron chi connectivity index (χ0n) is 10.5. The van der Waals surface area contributed by atoms with Gasteiger partial charge in [0, 0.05) is 30.9 Å². The lowest BCUT2D eigenvalue weighted by molar-refractivity contribution is 0.0955. The van der Waals surface area contributed by atoms with E-state index in [1.807, 2.05) is 12.1 Å². The standard InChI is InChI=1S/C13H18N4O/c1-2-5-14-7-8-16-13(18)11-9-17-12-10(11)4-3-6-15-12/h3-4,6,9,14H,2,5,7-8H2,1H3,(H,15,17)(H,16,18). The number of carbonyl (C=O) groups is 1. The molecule has 2 aromatic rings. The average Bonchev–Trinajstić information content (AvgIpc) is 2.82. The number of aromatic amines is 1. The molecule has 5 nitrogen and oxygen atoms in total. The number of nitrogens with one attached hydrogen (secondary N) is 3. The lowest BCUT2D eigenvalue weighted by Gasteiger charge is -2.05. The first-order chi connectivity index (χ1) is 8.83. The highest BCUT2D eigenvalue weighted by Crippen LogP contribution is 2.14. The van der Waals surface area contributed by atoms with Gasteiger partial charge < -0.3 is 15.6 Å². The number of hydrogen-bond acceptors (Lipinski definition) is 3. The van der Waals surface area contributed by atoms with Crippen molar-refractivity contribution in [2.24, 2.45) is 0 Å². The van der Waals surface area contributed by atoms with Crippen LogP contribution in [0.2, 0.25) is 0 Å². The molecule has 0 unspecified atom stereocenters. The fourth-order valence-corrected chi connectivity index (χ4v) is 1.81. The number of H-pyrrole nitrogens is 1. The Morgan fingerprint density at radius 3 is 3.11 bits per heavy atom. The van der Waals surface area contributed by atoms with Gasteiger partial charge in [0.1, 0.15) is 5.65 Å². The summed E-state index contributed by atoms with van der Waals surface area (Å²) >= 11 is 0. The van der Waals surface area contributed by atoms with Crippen LogP contribution in [0.25, 0.3) is 11.0 Å². The molecular weight excluding hydrogens is 228 g/mol. The highest BCUT2D eigenvalue weighted by Gasteiger charge is 2.11. The summed E-state index contributed by atoms with van der Waals surface area (Å²) in [5.74, 6) is -0.0625. The molecule has 0 aliphatic carbocycles. The van der Waals surface area contributed by atoms with E-state index in [1.54, 1.807) is 12.4 Å². The van der Waals surface area contributed by atoms with Crippen molar-refractivity contribution in [3.05, 3.63) is 30.1 Å². The third-order valence-electron chi connectivity index (χ3n) is 2.71. The fourth-order valence-electron chi connectivity index (χ4n) is 1.81.